The monoisotopic (exact) mass is 414 g/mol. The van der Waals surface area contributed by atoms with E-state index in [0.717, 1.165) is 5.56 Å². The van der Waals surface area contributed by atoms with Gasteiger partial charge in [-0.25, -0.2) is 13.1 Å². The summed E-state index contributed by atoms with van der Waals surface area (Å²) in [5.74, 6) is 0. The molecule has 0 bridgehead atoms. The molecule has 0 aromatic heterocycles. The lowest BCUT2D eigenvalue weighted by Crippen LogP contribution is -2.43. The van der Waals surface area contributed by atoms with Crippen LogP contribution in [-0.4, -0.2) is 32.2 Å². The van der Waals surface area contributed by atoms with Gasteiger partial charge in [0.15, 0.2) is 0 Å². The minimum atomic E-state index is -3.68. The van der Waals surface area contributed by atoms with Gasteiger partial charge >= 0.3 is 0 Å². The summed E-state index contributed by atoms with van der Waals surface area (Å²) in [6.45, 7) is 3.34. The van der Waals surface area contributed by atoms with Crippen LogP contribution in [0.3, 0.4) is 0 Å². The molecule has 5 nitrogen and oxygen atoms in total. The Hall–Kier alpha value is 0.01000. The van der Waals surface area contributed by atoms with E-state index in [-0.39, 0.29) is 11.4 Å². The molecule has 0 fully saturated rings. The molecule has 1 aromatic rings. The van der Waals surface area contributed by atoms with Crippen LogP contribution in [0.4, 0.5) is 0 Å². The normalized spacial score (nSPS) is 15.3. The van der Waals surface area contributed by atoms with Crippen LogP contribution in [0.15, 0.2) is 26.0 Å². The summed E-state index contributed by atoms with van der Waals surface area (Å²) in [5.41, 5.74) is 6.52. The van der Waals surface area contributed by atoms with Crippen molar-refractivity contribution in [2.24, 2.45) is 5.73 Å². The van der Waals surface area contributed by atoms with Crippen LogP contribution in [0.25, 0.3) is 0 Å². The Morgan fingerprint density at radius 3 is 2.47 bits per heavy atom. The van der Waals surface area contributed by atoms with Crippen molar-refractivity contribution in [2.45, 2.75) is 30.9 Å². The number of sulfonamides is 1. The molecule has 19 heavy (non-hydrogen) atoms. The van der Waals surface area contributed by atoms with Gasteiger partial charge in [0.2, 0.25) is 10.0 Å². The lowest BCUT2D eigenvalue weighted by atomic mass is 10.2. The Kier molecular flexibility index (Phi) is 5.96. The number of aliphatic hydroxyl groups excluding tert-OH is 1. The Balaban J connectivity index is 2.98. The van der Waals surface area contributed by atoms with Gasteiger partial charge in [0.1, 0.15) is 0 Å². The molecular weight excluding hydrogens is 400 g/mol. The van der Waals surface area contributed by atoms with Crippen LogP contribution < -0.4 is 10.5 Å². The molecule has 0 aliphatic carbocycles. The number of halogens is 2. The fraction of sp³-hybridized carbons (Fsp3) is 0.455. The average Bonchev–Trinajstić information content (AvgIpc) is 2.30. The summed E-state index contributed by atoms with van der Waals surface area (Å²) < 4.78 is 27.9. The molecule has 1 rings (SSSR count). The number of nitrogens with one attached hydrogen (secondary N) is 1. The summed E-state index contributed by atoms with van der Waals surface area (Å²) >= 11 is 6.53. The van der Waals surface area contributed by atoms with E-state index in [1.54, 1.807) is 6.07 Å². The zero-order chi connectivity index (χ0) is 14.8. The molecule has 4 N–H and O–H groups in total. The number of aliphatic hydroxyl groups is 1. The molecule has 1 aromatic carbocycles. The third-order valence-corrected chi connectivity index (χ3v) is 5.87. The van der Waals surface area contributed by atoms with Gasteiger partial charge in [0.05, 0.1) is 11.0 Å². The summed E-state index contributed by atoms with van der Waals surface area (Å²) in [4.78, 5) is 0.128. The molecule has 0 saturated heterocycles. The van der Waals surface area contributed by atoms with Crippen molar-refractivity contribution in [3.05, 3.63) is 26.6 Å². The van der Waals surface area contributed by atoms with Gasteiger partial charge in [-0.3, -0.25) is 0 Å². The zero-order valence-corrected chi connectivity index (χ0v) is 14.5. The molecular formula is C11H16Br2N2O3S. The first-order valence-electron chi connectivity index (χ1n) is 5.54. The molecule has 0 amide bonds. The average molecular weight is 416 g/mol. The van der Waals surface area contributed by atoms with E-state index in [9.17, 15) is 13.5 Å². The Bertz CT molecular complexity index is 561. The van der Waals surface area contributed by atoms with Crippen molar-refractivity contribution < 1.29 is 13.5 Å². The highest BCUT2D eigenvalue weighted by molar-refractivity contribution is 9.11. The second kappa shape index (κ2) is 6.64. The van der Waals surface area contributed by atoms with Gasteiger partial charge in [-0.15, -0.1) is 0 Å². The van der Waals surface area contributed by atoms with Crippen LogP contribution in [-0.2, 0) is 10.0 Å². The number of hydrogen-bond acceptors (Lipinski definition) is 4. The number of benzene rings is 1. The number of aryl methyl sites for hydroxylation is 1. The quantitative estimate of drug-likeness (QED) is 0.679. The molecule has 0 saturated carbocycles. The topological polar surface area (TPSA) is 92.4 Å². The molecule has 2 unspecified atom stereocenters. The largest absolute Gasteiger partial charge is 0.392 e. The standard InChI is InChI=1S/C11H16Br2N2O3S/c1-6-3-9(13)11(4-8(6)12)19(17,18)15-5-10(14)7(2)16/h3-4,7,10,15-16H,5,14H2,1-2H3. The highest BCUT2D eigenvalue weighted by Gasteiger charge is 2.20. The van der Waals surface area contributed by atoms with E-state index in [1.807, 2.05) is 6.92 Å². The minimum absolute atomic E-state index is 0.0298. The molecule has 2 atom stereocenters. The van der Waals surface area contributed by atoms with Gasteiger partial charge in [-0.05, 0) is 47.5 Å². The molecule has 0 heterocycles. The highest BCUT2D eigenvalue weighted by atomic mass is 79.9. The number of nitrogens with two attached hydrogens (primary N) is 1. The second-order valence-electron chi connectivity index (χ2n) is 4.29. The summed E-state index contributed by atoms with van der Waals surface area (Å²) in [6, 6.07) is 2.59. The van der Waals surface area contributed by atoms with Gasteiger partial charge in [0, 0.05) is 21.5 Å². The predicted octanol–water partition coefficient (Wildman–Crippen LogP) is 1.51. The van der Waals surface area contributed by atoms with E-state index in [2.05, 4.69) is 36.6 Å². The molecule has 0 aliphatic heterocycles. The van der Waals surface area contributed by atoms with Crippen LogP contribution >= 0.6 is 31.9 Å². The third-order valence-electron chi connectivity index (χ3n) is 2.63. The predicted molar refractivity (Wildman–Crippen MR) is 81.4 cm³/mol. The summed E-state index contributed by atoms with van der Waals surface area (Å²) in [6.07, 6.45) is -0.782. The molecule has 0 aliphatic rings. The maximum atomic E-state index is 12.1. The molecule has 0 spiro atoms. The third kappa shape index (κ3) is 4.51. The van der Waals surface area contributed by atoms with Gasteiger partial charge < -0.3 is 10.8 Å². The van der Waals surface area contributed by atoms with Crippen molar-refractivity contribution in [1.82, 2.24) is 4.72 Å². The van der Waals surface area contributed by atoms with Gasteiger partial charge in [-0.1, -0.05) is 15.9 Å². The van der Waals surface area contributed by atoms with E-state index in [1.165, 1.54) is 13.0 Å². The first-order valence-corrected chi connectivity index (χ1v) is 8.61. The van der Waals surface area contributed by atoms with Crippen molar-refractivity contribution in [3.8, 4) is 0 Å². The van der Waals surface area contributed by atoms with Crippen LogP contribution in [0, 0.1) is 6.92 Å². The van der Waals surface area contributed by atoms with E-state index in [4.69, 9.17) is 5.73 Å². The van der Waals surface area contributed by atoms with E-state index >= 15 is 0 Å². The summed E-state index contributed by atoms with van der Waals surface area (Å²) in [7, 11) is -3.68. The van der Waals surface area contributed by atoms with E-state index < -0.39 is 22.2 Å². The van der Waals surface area contributed by atoms with Crippen molar-refractivity contribution in [1.29, 1.82) is 0 Å². The van der Waals surface area contributed by atoms with Crippen LogP contribution in [0.1, 0.15) is 12.5 Å². The number of hydrogen-bond donors (Lipinski definition) is 3. The smallest absolute Gasteiger partial charge is 0.241 e. The minimum Gasteiger partial charge on any atom is -0.392 e. The maximum Gasteiger partial charge on any atom is 0.241 e. The van der Waals surface area contributed by atoms with Gasteiger partial charge in [-0.2, -0.15) is 0 Å². The number of rotatable bonds is 5. The summed E-state index contributed by atoms with van der Waals surface area (Å²) in [5, 5.41) is 9.25. The first-order chi connectivity index (χ1) is 8.65. The SMILES string of the molecule is Cc1cc(Br)c(S(=O)(=O)NCC(N)C(C)O)cc1Br. The van der Waals surface area contributed by atoms with Crippen molar-refractivity contribution >= 4 is 41.9 Å². The Labute approximate surface area is 129 Å². The Morgan fingerprint density at radius 1 is 1.37 bits per heavy atom. The molecule has 108 valence electrons. The second-order valence-corrected chi connectivity index (χ2v) is 7.73. The fourth-order valence-corrected chi connectivity index (χ4v) is 4.04. The van der Waals surface area contributed by atoms with Gasteiger partial charge in [0.25, 0.3) is 0 Å². The fourth-order valence-electron chi connectivity index (χ4n) is 1.29. The zero-order valence-electron chi connectivity index (χ0n) is 10.5. The molecule has 0 radical (unpaired) electrons. The van der Waals surface area contributed by atoms with E-state index in [0.29, 0.717) is 8.95 Å². The lowest BCUT2D eigenvalue weighted by molar-refractivity contribution is 0.164. The molecule has 8 heteroatoms. The first kappa shape index (κ1) is 17.1. The van der Waals surface area contributed by atoms with Crippen LogP contribution in [0.2, 0.25) is 0 Å². The maximum absolute atomic E-state index is 12.1. The highest BCUT2D eigenvalue weighted by Crippen LogP contribution is 2.28. The van der Waals surface area contributed by atoms with Crippen molar-refractivity contribution in [2.75, 3.05) is 6.54 Å². The Morgan fingerprint density at radius 2 is 1.95 bits per heavy atom. The van der Waals surface area contributed by atoms with Crippen molar-refractivity contribution in [3.63, 3.8) is 0 Å². The lowest BCUT2D eigenvalue weighted by Gasteiger charge is -2.16. The van der Waals surface area contributed by atoms with Crippen LogP contribution in [0.5, 0.6) is 0 Å².